The summed E-state index contributed by atoms with van der Waals surface area (Å²) in [7, 11) is 0. The molecule has 0 bridgehead atoms. The first kappa shape index (κ1) is 9.05. The van der Waals surface area contributed by atoms with Crippen LogP contribution in [0, 0.1) is 5.92 Å². The second-order valence-electron chi connectivity index (χ2n) is 3.76. The van der Waals surface area contributed by atoms with E-state index in [1.807, 2.05) is 0 Å². The van der Waals surface area contributed by atoms with E-state index >= 15 is 0 Å². The van der Waals surface area contributed by atoms with E-state index in [0.717, 1.165) is 0 Å². The summed E-state index contributed by atoms with van der Waals surface area (Å²) in [6, 6.07) is 0.290. The van der Waals surface area contributed by atoms with Gasteiger partial charge in [-0.1, -0.05) is 0 Å². The van der Waals surface area contributed by atoms with Gasteiger partial charge in [0.25, 0.3) is 0 Å². The predicted molar refractivity (Wildman–Crippen MR) is 55.9 cm³/mol. The van der Waals surface area contributed by atoms with Gasteiger partial charge in [-0.2, -0.15) is 0 Å². The molecule has 5 N–H and O–H groups in total. The number of aromatic amines is 1. The third kappa shape index (κ3) is 1.71. The van der Waals surface area contributed by atoms with E-state index in [4.69, 9.17) is 11.5 Å². The van der Waals surface area contributed by atoms with Crippen LogP contribution in [0.25, 0.3) is 0 Å². The zero-order valence-corrected chi connectivity index (χ0v) is 8.20. The van der Waals surface area contributed by atoms with E-state index in [1.54, 1.807) is 0 Å². The average Bonchev–Trinajstić information content (AvgIpc) is 2.89. The normalized spacial score (nSPS) is 19.6. The molecule has 0 saturated heterocycles. The van der Waals surface area contributed by atoms with Crippen LogP contribution in [-0.4, -0.2) is 21.8 Å². The fourth-order valence-corrected chi connectivity index (χ4v) is 1.48. The Labute approximate surface area is 82.6 Å². The Kier molecular flexibility index (Phi) is 2.15. The van der Waals surface area contributed by atoms with Crippen molar-refractivity contribution in [1.29, 1.82) is 0 Å². The SMILES string of the molecule is CC(N=C(N)c1[nH]cnc1N)C1CC1. The van der Waals surface area contributed by atoms with Crippen molar-refractivity contribution in [2.45, 2.75) is 25.8 Å². The van der Waals surface area contributed by atoms with E-state index in [1.165, 1.54) is 19.2 Å². The van der Waals surface area contributed by atoms with Crippen molar-refractivity contribution in [2.75, 3.05) is 5.73 Å². The van der Waals surface area contributed by atoms with Gasteiger partial charge in [0.1, 0.15) is 11.5 Å². The second kappa shape index (κ2) is 3.32. The van der Waals surface area contributed by atoms with Gasteiger partial charge in [-0.25, -0.2) is 4.98 Å². The Morgan fingerprint density at radius 3 is 2.93 bits per heavy atom. The van der Waals surface area contributed by atoms with Crippen molar-refractivity contribution >= 4 is 11.7 Å². The Balaban J connectivity index is 2.13. The highest BCUT2D eigenvalue weighted by molar-refractivity contribution is 5.99. The number of aromatic nitrogens is 2. The summed E-state index contributed by atoms with van der Waals surface area (Å²) in [4.78, 5) is 11.1. The lowest BCUT2D eigenvalue weighted by molar-refractivity contribution is 0.652. The van der Waals surface area contributed by atoms with Crippen molar-refractivity contribution in [1.82, 2.24) is 9.97 Å². The Bertz CT molecular complexity index is 350. The molecule has 76 valence electrons. The molecule has 1 fully saturated rings. The molecule has 5 nitrogen and oxygen atoms in total. The second-order valence-corrected chi connectivity index (χ2v) is 3.76. The van der Waals surface area contributed by atoms with Crippen LogP contribution in [0.2, 0.25) is 0 Å². The molecule has 0 spiro atoms. The minimum Gasteiger partial charge on any atom is -0.382 e. The highest BCUT2D eigenvalue weighted by atomic mass is 15.0. The summed E-state index contributed by atoms with van der Waals surface area (Å²) in [6.45, 7) is 2.08. The molecule has 0 aliphatic heterocycles. The zero-order valence-electron chi connectivity index (χ0n) is 8.20. The van der Waals surface area contributed by atoms with E-state index in [0.29, 0.717) is 23.3 Å². The van der Waals surface area contributed by atoms with E-state index in [9.17, 15) is 0 Å². The van der Waals surface area contributed by atoms with Crippen molar-refractivity contribution < 1.29 is 0 Å². The number of imidazole rings is 1. The molecule has 0 radical (unpaired) electrons. The van der Waals surface area contributed by atoms with Crippen molar-refractivity contribution in [3.8, 4) is 0 Å². The number of amidine groups is 1. The minimum absolute atomic E-state index is 0.290. The van der Waals surface area contributed by atoms with Gasteiger partial charge in [-0.05, 0) is 25.7 Å². The number of aliphatic imine (C=N–C) groups is 1. The summed E-state index contributed by atoms with van der Waals surface area (Å²) in [5, 5.41) is 0. The highest BCUT2D eigenvalue weighted by Gasteiger charge is 2.28. The quantitative estimate of drug-likeness (QED) is 0.482. The largest absolute Gasteiger partial charge is 0.382 e. The van der Waals surface area contributed by atoms with Crippen LogP contribution in [0.5, 0.6) is 0 Å². The lowest BCUT2D eigenvalue weighted by Crippen LogP contribution is -2.19. The molecule has 5 heteroatoms. The maximum atomic E-state index is 5.81. The van der Waals surface area contributed by atoms with Crippen LogP contribution < -0.4 is 11.5 Å². The average molecular weight is 193 g/mol. The van der Waals surface area contributed by atoms with Crippen molar-refractivity contribution in [3.05, 3.63) is 12.0 Å². The van der Waals surface area contributed by atoms with Gasteiger partial charge in [0.05, 0.1) is 12.4 Å². The number of nitrogens with one attached hydrogen (secondary N) is 1. The molecule has 14 heavy (non-hydrogen) atoms. The smallest absolute Gasteiger partial charge is 0.152 e. The first-order chi connectivity index (χ1) is 6.68. The Hall–Kier alpha value is -1.52. The third-order valence-corrected chi connectivity index (χ3v) is 2.57. The maximum absolute atomic E-state index is 5.81. The first-order valence-corrected chi connectivity index (χ1v) is 4.81. The van der Waals surface area contributed by atoms with Gasteiger partial charge in [-0.3, -0.25) is 4.99 Å². The summed E-state index contributed by atoms with van der Waals surface area (Å²) in [5.41, 5.74) is 12.0. The molecule has 1 heterocycles. The fraction of sp³-hybridized carbons (Fsp3) is 0.556. The van der Waals surface area contributed by atoms with Crippen LogP contribution in [0.4, 0.5) is 5.82 Å². The summed E-state index contributed by atoms with van der Waals surface area (Å²) in [5.74, 6) is 1.58. The molecule has 0 amide bonds. The van der Waals surface area contributed by atoms with E-state index < -0.39 is 0 Å². The predicted octanol–water partition coefficient (Wildman–Crippen LogP) is 0.496. The van der Waals surface area contributed by atoms with Crippen LogP contribution in [0.15, 0.2) is 11.3 Å². The third-order valence-electron chi connectivity index (χ3n) is 2.57. The minimum atomic E-state index is 0.290. The molecular weight excluding hydrogens is 178 g/mol. The van der Waals surface area contributed by atoms with E-state index in [-0.39, 0.29) is 6.04 Å². The number of nitrogens with zero attached hydrogens (tertiary/aromatic N) is 2. The van der Waals surface area contributed by atoms with Gasteiger partial charge in [0, 0.05) is 0 Å². The van der Waals surface area contributed by atoms with Gasteiger partial charge >= 0.3 is 0 Å². The standard InChI is InChI=1S/C9H15N5/c1-5(6-2-3-6)14-9(11)7-8(10)13-4-12-7/h4-6H,2-3,10H2,1H3,(H2,11,14)(H,12,13). The molecule has 1 atom stereocenters. The lowest BCUT2D eigenvalue weighted by Gasteiger charge is -2.05. The number of rotatable bonds is 3. The number of anilines is 1. The number of hydrogen-bond donors (Lipinski definition) is 3. The molecule has 1 aliphatic carbocycles. The molecule has 1 aromatic heterocycles. The molecule has 2 rings (SSSR count). The summed E-state index contributed by atoms with van der Waals surface area (Å²) in [6.07, 6.45) is 4.04. The molecule has 0 aromatic carbocycles. The molecular formula is C9H15N5. The van der Waals surface area contributed by atoms with Crippen LogP contribution >= 0.6 is 0 Å². The van der Waals surface area contributed by atoms with Gasteiger partial charge in [-0.15, -0.1) is 0 Å². The lowest BCUT2D eigenvalue weighted by atomic mass is 10.2. The fourth-order valence-electron chi connectivity index (χ4n) is 1.48. The molecule has 1 aliphatic rings. The first-order valence-electron chi connectivity index (χ1n) is 4.81. The highest BCUT2D eigenvalue weighted by Crippen LogP contribution is 2.34. The maximum Gasteiger partial charge on any atom is 0.152 e. The monoisotopic (exact) mass is 193 g/mol. The van der Waals surface area contributed by atoms with Crippen LogP contribution in [0.3, 0.4) is 0 Å². The van der Waals surface area contributed by atoms with Crippen molar-refractivity contribution in [2.24, 2.45) is 16.6 Å². The Morgan fingerprint density at radius 1 is 1.71 bits per heavy atom. The van der Waals surface area contributed by atoms with Gasteiger partial charge in [0.2, 0.25) is 0 Å². The zero-order chi connectivity index (χ0) is 10.1. The summed E-state index contributed by atoms with van der Waals surface area (Å²) >= 11 is 0. The Morgan fingerprint density at radius 2 is 2.43 bits per heavy atom. The number of H-pyrrole nitrogens is 1. The summed E-state index contributed by atoms with van der Waals surface area (Å²) < 4.78 is 0. The molecule has 1 aromatic rings. The number of nitrogens with two attached hydrogens (primary N) is 2. The van der Waals surface area contributed by atoms with Crippen LogP contribution in [-0.2, 0) is 0 Å². The number of nitrogen functional groups attached to an aromatic ring is 1. The molecule has 1 saturated carbocycles. The molecule has 1 unspecified atom stereocenters. The van der Waals surface area contributed by atoms with Crippen molar-refractivity contribution in [3.63, 3.8) is 0 Å². The van der Waals surface area contributed by atoms with Crippen LogP contribution in [0.1, 0.15) is 25.5 Å². The topological polar surface area (TPSA) is 93.1 Å². The van der Waals surface area contributed by atoms with E-state index in [2.05, 4.69) is 21.9 Å². The van der Waals surface area contributed by atoms with Gasteiger partial charge < -0.3 is 16.5 Å². The number of hydrogen-bond acceptors (Lipinski definition) is 3. The van der Waals surface area contributed by atoms with Gasteiger partial charge in [0.15, 0.2) is 5.82 Å².